The van der Waals surface area contributed by atoms with E-state index in [9.17, 15) is 9.59 Å². The summed E-state index contributed by atoms with van der Waals surface area (Å²) < 4.78 is 0. The van der Waals surface area contributed by atoms with Crippen molar-refractivity contribution in [2.24, 2.45) is 0 Å². The first kappa shape index (κ1) is 12.3. The van der Waals surface area contributed by atoms with Crippen molar-refractivity contribution in [1.82, 2.24) is 10.6 Å². The number of hydrogen-bond donors (Lipinski definition) is 2. The van der Waals surface area contributed by atoms with Gasteiger partial charge < -0.3 is 5.32 Å². The Hall–Kier alpha value is -1.20. The molecule has 5 heteroatoms. The van der Waals surface area contributed by atoms with Crippen LogP contribution in [0.5, 0.6) is 0 Å². The van der Waals surface area contributed by atoms with Crippen molar-refractivity contribution in [2.45, 2.75) is 31.7 Å². The first-order valence-electron chi connectivity index (χ1n) is 5.60. The molecule has 0 spiro atoms. The maximum Gasteiger partial charge on any atom is 0.244 e. The minimum Gasteiger partial charge on any atom is -0.305 e. The Labute approximate surface area is 104 Å². The van der Waals surface area contributed by atoms with Gasteiger partial charge in [0, 0.05) is 16.8 Å². The van der Waals surface area contributed by atoms with Gasteiger partial charge in [0.1, 0.15) is 0 Å². The van der Waals surface area contributed by atoms with Crippen LogP contribution in [0.2, 0.25) is 0 Å². The number of rotatable bonds is 4. The zero-order valence-corrected chi connectivity index (χ0v) is 10.8. The molecule has 2 rings (SSSR count). The molecular formula is C12H16N2O2S. The van der Waals surface area contributed by atoms with Gasteiger partial charge in [0.25, 0.3) is 0 Å². The Balaban J connectivity index is 1.94. The van der Waals surface area contributed by atoms with Gasteiger partial charge in [-0.3, -0.25) is 14.9 Å². The van der Waals surface area contributed by atoms with E-state index in [4.69, 9.17) is 0 Å². The van der Waals surface area contributed by atoms with Crippen LogP contribution in [0, 0.1) is 0 Å². The average molecular weight is 252 g/mol. The molecule has 1 unspecified atom stereocenters. The van der Waals surface area contributed by atoms with E-state index in [1.165, 1.54) is 4.88 Å². The van der Waals surface area contributed by atoms with Crippen LogP contribution in [0.1, 0.15) is 25.1 Å². The number of nitrogens with one attached hydrogen (secondary N) is 2. The van der Waals surface area contributed by atoms with Crippen LogP contribution in [0.4, 0.5) is 0 Å². The summed E-state index contributed by atoms with van der Waals surface area (Å²) in [5, 5.41) is 7.51. The fourth-order valence-electron chi connectivity index (χ4n) is 1.85. The van der Waals surface area contributed by atoms with Gasteiger partial charge in [-0.2, -0.15) is 0 Å². The molecule has 2 heterocycles. The molecule has 0 bridgehead atoms. The number of amides is 2. The number of hydrogen-bond acceptors (Lipinski definition) is 4. The molecule has 1 fully saturated rings. The molecule has 2 N–H and O–H groups in total. The summed E-state index contributed by atoms with van der Waals surface area (Å²) >= 11 is 1.71. The number of carbonyl (C=O) groups excluding carboxylic acids is 2. The quantitative estimate of drug-likeness (QED) is 0.787. The predicted octanol–water partition coefficient (Wildman–Crippen LogP) is 1.03. The zero-order valence-electron chi connectivity index (χ0n) is 9.95. The molecule has 4 nitrogen and oxygen atoms in total. The molecule has 0 aromatic carbocycles. The average Bonchev–Trinajstić information content (AvgIpc) is 2.85. The van der Waals surface area contributed by atoms with Crippen molar-refractivity contribution >= 4 is 23.2 Å². The van der Waals surface area contributed by atoms with E-state index < -0.39 is 0 Å². The molecule has 0 saturated carbocycles. The molecule has 0 aliphatic carbocycles. The number of carbonyl (C=O) groups is 2. The molecular weight excluding hydrogens is 236 g/mol. The first-order chi connectivity index (χ1) is 7.99. The Morgan fingerprint density at radius 2 is 2.29 bits per heavy atom. The van der Waals surface area contributed by atoms with Gasteiger partial charge in [0.15, 0.2) is 0 Å². The third-order valence-corrected chi connectivity index (χ3v) is 4.18. The second kappa shape index (κ2) is 4.58. The molecule has 1 aliphatic rings. The molecule has 2 amide bonds. The summed E-state index contributed by atoms with van der Waals surface area (Å²) in [6.45, 7) is 4.93. The second-order valence-corrected chi connectivity index (χ2v) is 5.86. The van der Waals surface area contributed by atoms with Crippen molar-refractivity contribution in [3.63, 3.8) is 0 Å². The van der Waals surface area contributed by atoms with E-state index in [1.807, 2.05) is 11.4 Å². The van der Waals surface area contributed by atoms with E-state index in [-0.39, 0.29) is 29.7 Å². The van der Waals surface area contributed by atoms with Crippen molar-refractivity contribution in [3.8, 4) is 0 Å². The van der Waals surface area contributed by atoms with Crippen LogP contribution in [-0.2, 0) is 15.0 Å². The van der Waals surface area contributed by atoms with Crippen LogP contribution in [0.25, 0.3) is 0 Å². The lowest BCUT2D eigenvalue weighted by Crippen LogP contribution is -2.42. The highest BCUT2D eigenvalue weighted by Crippen LogP contribution is 2.26. The van der Waals surface area contributed by atoms with Crippen molar-refractivity contribution in [3.05, 3.63) is 22.4 Å². The van der Waals surface area contributed by atoms with E-state index in [2.05, 4.69) is 30.5 Å². The molecule has 0 radical (unpaired) electrons. The van der Waals surface area contributed by atoms with Gasteiger partial charge in [-0.15, -0.1) is 11.3 Å². The van der Waals surface area contributed by atoms with Gasteiger partial charge in [0.2, 0.25) is 11.8 Å². The molecule has 17 heavy (non-hydrogen) atoms. The second-order valence-electron chi connectivity index (χ2n) is 4.91. The molecule has 1 saturated heterocycles. The van der Waals surface area contributed by atoms with Crippen molar-refractivity contribution in [2.75, 3.05) is 6.54 Å². The summed E-state index contributed by atoms with van der Waals surface area (Å²) in [5.41, 5.74) is -0.0277. The maximum absolute atomic E-state index is 11.4. The minimum atomic E-state index is -0.373. The topological polar surface area (TPSA) is 58.2 Å². The summed E-state index contributed by atoms with van der Waals surface area (Å²) in [6.07, 6.45) is 0.249. The van der Waals surface area contributed by atoms with E-state index in [1.54, 1.807) is 11.3 Å². The van der Waals surface area contributed by atoms with Crippen LogP contribution in [-0.4, -0.2) is 24.4 Å². The maximum atomic E-state index is 11.4. The van der Waals surface area contributed by atoms with Gasteiger partial charge in [-0.05, 0) is 11.4 Å². The van der Waals surface area contributed by atoms with Gasteiger partial charge in [-0.25, -0.2) is 0 Å². The first-order valence-corrected chi connectivity index (χ1v) is 6.48. The zero-order chi connectivity index (χ0) is 12.5. The number of thiophene rings is 1. The summed E-state index contributed by atoms with van der Waals surface area (Å²) in [6, 6.07) is 3.74. The normalized spacial score (nSPS) is 20.7. The highest BCUT2D eigenvalue weighted by Gasteiger charge is 2.32. The van der Waals surface area contributed by atoms with Gasteiger partial charge >= 0.3 is 0 Å². The van der Waals surface area contributed by atoms with Crippen LogP contribution in [0.15, 0.2) is 17.5 Å². The van der Waals surface area contributed by atoms with Crippen LogP contribution in [0.3, 0.4) is 0 Å². The monoisotopic (exact) mass is 252 g/mol. The fraction of sp³-hybridized carbons (Fsp3) is 0.500. The molecule has 1 atom stereocenters. The van der Waals surface area contributed by atoms with E-state index >= 15 is 0 Å². The Morgan fingerprint density at radius 3 is 2.82 bits per heavy atom. The van der Waals surface area contributed by atoms with Gasteiger partial charge in [0.05, 0.1) is 12.5 Å². The lowest BCUT2D eigenvalue weighted by Gasteiger charge is -2.25. The van der Waals surface area contributed by atoms with Crippen LogP contribution < -0.4 is 10.6 Å². The van der Waals surface area contributed by atoms with Gasteiger partial charge in [-0.1, -0.05) is 19.9 Å². The minimum absolute atomic E-state index is 0.0277. The van der Waals surface area contributed by atoms with E-state index in [0.29, 0.717) is 6.54 Å². The standard InChI is InChI=1S/C12H16N2O2S/c1-12(2,9-4-3-5-17-9)7-13-8-6-10(15)14-11(8)16/h3-5,8,13H,6-7H2,1-2H3,(H,14,15,16). The molecule has 92 valence electrons. The van der Waals surface area contributed by atoms with Crippen molar-refractivity contribution < 1.29 is 9.59 Å². The Bertz CT molecular complexity index is 426. The fourth-order valence-corrected chi connectivity index (χ4v) is 2.70. The summed E-state index contributed by atoms with van der Waals surface area (Å²) in [4.78, 5) is 23.7. The van der Waals surface area contributed by atoms with E-state index in [0.717, 1.165) is 0 Å². The molecule has 1 aliphatic heterocycles. The summed E-state index contributed by atoms with van der Waals surface area (Å²) in [5.74, 6) is -0.404. The van der Waals surface area contributed by atoms with Crippen molar-refractivity contribution in [1.29, 1.82) is 0 Å². The lowest BCUT2D eigenvalue weighted by molar-refractivity contribution is -0.125. The molecule has 1 aromatic rings. The molecule has 1 aromatic heterocycles. The van der Waals surface area contributed by atoms with Crippen LogP contribution >= 0.6 is 11.3 Å². The predicted molar refractivity (Wildman–Crippen MR) is 66.9 cm³/mol. The Kier molecular flexibility index (Phi) is 3.31. The summed E-state index contributed by atoms with van der Waals surface area (Å²) in [7, 11) is 0. The lowest BCUT2D eigenvalue weighted by atomic mass is 9.91. The largest absolute Gasteiger partial charge is 0.305 e. The Morgan fingerprint density at radius 1 is 1.53 bits per heavy atom. The third-order valence-electron chi connectivity index (χ3n) is 2.95. The highest BCUT2D eigenvalue weighted by atomic mass is 32.1. The number of imide groups is 1. The third kappa shape index (κ3) is 2.73. The smallest absolute Gasteiger partial charge is 0.244 e. The highest BCUT2D eigenvalue weighted by molar-refractivity contribution is 7.10. The SMILES string of the molecule is CC(C)(CNC1CC(=O)NC1=O)c1cccs1.